The van der Waals surface area contributed by atoms with Crippen LogP contribution in [-0.2, 0) is 0 Å². The summed E-state index contributed by atoms with van der Waals surface area (Å²) in [6.45, 7) is 1.79. The molecule has 5 heteroatoms. The van der Waals surface area contributed by atoms with Gasteiger partial charge in [0, 0.05) is 6.42 Å². The number of rotatable bonds is 3. The monoisotopic (exact) mass is 165 g/mol. The maximum Gasteiger partial charge on any atom is 0.102 e. The van der Waals surface area contributed by atoms with Crippen LogP contribution in [0.4, 0.5) is 0 Å². The van der Waals surface area contributed by atoms with Gasteiger partial charge in [-0.25, -0.2) is 0 Å². The normalized spacial score (nSPS) is 11.8. The van der Waals surface area contributed by atoms with Crippen molar-refractivity contribution in [2.24, 2.45) is 5.84 Å². The van der Waals surface area contributed by atoms with Gasteiger partial charge in [0.15, 0.2) is 0 Å². The first-order chi connectivity index (χ1) is 5.88. The van der Waals surface area contributed by atoms with Gasteiger partial charge >= 0.3 is 0 Å². The number of hydrogen-bond acceptors (Lipinski definition) is 4. The molecular weight excluding hydrogens is 154 g/mol. The molecule has 0 aromatic carbocycles. The summed E-state index contributed by atoms with van der Waals surface area (Å²) in [6, 6.07) is -0.0452. The molecule has 1 aromatic rings. The van der Waals surface area contributed by atoms with Crippen LogP contribution in [0.3, 0.4) is 0 Å². The summed E-state index contributed by atoms with van der Waals surface area (Å²) in [6.07, 6.45) is 2.27. The van der Waals surface area contributed by atoms with E-state index in [9.17, 15) is 0 Å². The maximum absolute atomic E-state index is 5.31. The van der Waals surface area contributed by atoms with Crippen LogP contribution in [0.15, 0.2) is 6.20 Å². The van der Waals surface area contributed by atoms with Gasteiger partial charge in [0.25, 0.3) is 0 Å². The number of nitrogens with two attached hydrogens (primary N) is 1. The molecule has 0 saturated carbocycles. The first-order valence-electron chi connectivity index (χ1n) is 3.60. The van der Waals surface area contributed by atoms with Crippen molar-refractivity contribution in [2.75, 3.05) is 0 Å². The second kappa shape index (κ2) is 4.49. The number of H-pyrrole nitrogens is 1. The van der Waals surface area contributed by atoms with Gasteiger partial charge in [-0.2, -0.15) is 15.4 Å². The zero-order valence-electron chi connectivity index (χ0n) is 6.83. The molecule has 0 amide bonds. The summed E-state index contributed by atoms with van der Waals surface area (Å²) < 4.78 is 0. The zero-order chi connectivity index (χ0) is 8.81. The average molecular weight is 165 g/mol. The molecule has 0 spiro atoms. The van der Waals surface area contributed by atoms with E-state index in [4.69, 9.17) is 5.84 Å². The third-order valence-corrected chi connectivity index (χ3v) is 1.47. The summed E-state index contributed by atoms with van der Waals surface area (Å²) in [4.78, 5) is 0. The van der Waals surface area contributed by atoms with Crippen LogP contribution in [0.5, 0.6) is 0 Å². The second-order valence-corrected chi connectivity index (χ2v) is 2.25. The highest BCUT2D eigenvalue weighted by Gasteiger charge is 2.09. The predicted molar refractivity (Wildman–Crippen MR) is 44.5 cm³/mol. The largest absolute Gasteiger partial charge is 0.271 e. The molecule has 0 radical (unpaired) electrons. The van der Waals surface area contributed by atoms with Crippen molar-refractivity contribution in [1.29, 1.82) is 0 Å². The van der Waals surface area contributed by atoms with Crippen LogP contribution < -0.4 is 11.3 Å². The minimum atomic E-state index is -0.0452. The maximum atomic E-state index is 5.31. The third kappa shape index (κ3) is 2.05. The highest BCUT2D eigenvalue weighted by Crippen LogP contribution is 2.09. The lowest BCUT2D eigenvalue weighted by Gasteiger charge is -2.07. The van der Waals surface area contributed by atoms with Gasteiger partial charge in [-0.15, -0.1) is 11.8 Å². The highest BCUT2D eigenvalue weighted by atomic mass is 15.3. The topological polar surface area (TPSA) is 79.6 Å². The van der Waals surface area contributed by atoms with E-state index in [1.54, 1.807) is 13.1 Å². The first-order valence-corrected chi connectivity index (χ1v) is 3.60. The fourth-order valence-corrected chi connectivity index (χ4v) is 0.831. The Balaban J connectivity index is 2.61. The Morgan fingerprint density at radius 1 is 1.83 bits per heavy atom. The van der Waals surface area contributed by atoms with Crippen LogP contribution in [-0.4, -0.2) is 15.4 Å². The van der Waals surface area contributed by atoms with E-state index in [1.165, 1.54) is 0 Å². The second-order valence-electron chi connectivity index (χ2n) is 2.25. The summed E-state index contributed by atoms with van der Waals surface area (Å²) in [7, 11) is 0. The van der Waals surface area contributed by atoms with E-state index in [-0.39, 0.29) is 6.04 Å². The van der Waals surface area contributed by atoms with E-state index in [1.807, 2.05) is 0 Å². The molecule has 1 unspecified atom stereocenters. The Hall–Kier alpha value is -1.38. The Kier molecular flexibility index (Phi) is 3.26. The first kappa shape index (κ1) is 8.71. The standard InChI is InChI=1S/C7H11N5/c1-2-3-4-6(10-8)7-5-9-12-11-7/h5-6,10H,4,8H2,1H3,(H,9,11,12). The van der Waals surface area contributed by atoms with Gasteiger partial charge in [0.2, 0.25) is 0 Å². The molecule has 12 heavy (non-hydrogen) atoms. The smallest absolute Gasteiger partial charge is 0.102 e. The van der Waals surface area contributed by atoms with Crippen molar-refractivity contribution < 1.29 is 0 Å². The van der Waals surface area contributed by atoms with Crippen LogP contribution in [0.1, 0.15) is 25.1 Å². The van der Waals surface area contributed by atoms with E-state index in [0.717, 1.165) is 5.69 Å². The Morgan fingerprint density at radius 3 is 3.17 bits per heavy atom. The van der Waals surface area contributed by atoms with Crippen molar-refractivity contribution in [3.05, 3.63) is 11.9 Å². The number of aromatic amines is 1. The van der Waals surface area contributed by atoms with Crippen molar-refractivity contribution in [2.45, 2.75) is 19.4 Å². The molecule has 0 bridgehead atoms. The number of hydrogen-bond donors (Lipinski definition) is 3. The molecule has 0 aliphatic carbocycles. The Morgan fingerprint density at radius 2 is 2.67 bits per heavy atom. The number of hydrazine groups is 1. The average Bonchev–Trinajstić information content (AvgIpc) is 2.59. The lowest BCUT2D eigenvalue weighted by Crippen LogP contribution is -2.27. The lowest BCUT2D eigenvalue weighted by atomic mass is 10.2. The van der Waals surface area contributed by atoms with Crippen molar-refractivity contribution in [1.82, 2.24) is 20.8 Å². The SMILES string of the molecule is CC#CCC(NN)c1cn[nH]n1. The molecule has 0 aliphatic heterocycles. The fraction of sp³-hybridized carbons (Fsp3) is 0.429. The number of nitrogens with one attached hydrogen (secondary N) is 2. The summed E-state index contributed by atoms with van der Waals surface area (Å²) in [5.74, 6) is 11.0. The third-order valence-electron chi connectivity index (χ3n) is 1.47. The van der Waals surface area contributed by atoms with E-state index >= 15 is 0 Å². The predicted octanol–water partition coefficient (Wildman–Crippen LogP) is -0.278. The minimum Gasteiger partial charge on any atom is -0.271 e. The highest BCUT2D eigenvalue weighted by molar-refractivity contribution is 5.06. The number of nitrogens with zero attached hydrogens (tertiary/aromatic N) is 2. The lowest BCUT2D eigenvalue weighted by molar-refractivity contribution is 0.552. The van der Waals surface area contributed by atoms with Gasteiger partial charge in [-0.3, -0.25) is 11.3 Å². The summed E-state index contributed by atoms with van der Waals surface area (Å²) in [5.41, 5.74) is 3.39. The van der Waals surface area contributed by atoms with E-state index in [0.29, 0.717) is 6.42 Å². The van der Waals surface area contributed by atoms with Gasteiger partial charge in [-0.05, 0) is 6.92 Å². The Bertz CT molecular complexity index is 268. The molecule has 0 aliphatic rings. The van der Waals surface area contributed by atoms with Gasteiger partial charge in [-0.1, -0.05) is 0 Å². The molecule has 0 fully saturated rings. The van der Waals surface area contributed by atoms with Gasteiger partial charge in [0.05, 0.1) is 12.2 Å². The van der Waals surface area contributed by atoms with Crippen LogP contribution in [0.2, 0.25) is 0 Å². The van der Waals surface area contributed by atoms with Gasteiger partial charge in [0.1, 0.15) is 5.69 Å². The molecule has 0 saturated heterocycles. The molecule has 1 rings (SSSR count). The van der Waals surface area contributed by atoms with Crippen LogP contribution in [0.25, 0.3) is 0 Å². The molecule has 64 valence electrons. The molecule has 4 N–H and O–H groups in total. The molecular formula is C7H11N5. The quantitative estimate of drug-likeness (QED) is 0.327. The Labute approximate surface area is 70.7 Å². The van der Waals surface area contributed by atoms with E-state index < -0.39 is 0 Å². The summed E-state index contributed by atoms with van der Waals surface area (Å²) >= 11 is 0. The molecule has 1 atom stereocenters. The summed E-state index contributed by atoms with van der Waals surface area (Å²) in [5, 5.41) is 10.1. The molecule has 1 heterocycles. The fourth-order valence-electron chi connectivity index (χ4n) is 0.831. The van der Waals surface area contributed by atoms with Crippen molar-refractivity contribution in [3.8, 4) is 11.8 Å². The van der Waals surface area contributed by atoms with E-state index in [2.05, 4.69) is 32.7 Å². The van der Waals surface area contributed by atoms with Crippen LogP contribution >= 0.6 is 0 Å². The van der Waals surface area contributed by atoms with Crippen LogP contribution in [0, 0.1) is 11.8 Å². The van der Waals surface area contributed by atoms with Gasteiger partial charge < -0.3 is 0 Å². The molecule has 1 aromatic heterocycles. The molecule has 5 nitrogen and oxygen atoms in total. The minimum absolute atomic E-state index is 0.0452. The van der Waals surface area contributed by atoms with Crippen molar-refractivity contribution in [3.63, 3.8) is 0 Å². The number of aromatic nitrogens is 3. The zero-order valence-corrected chi connectivity index (χ0v) is 6.83. The van der Waals surface area contributed by atoms with Crippen molar-refractivity contribution >= 4 is 0 Å².